The lowest BCUT2D eigenvalue weighted by atomic mass is 10.1. The van der Waals surface area contributed by atoms with Crippen molar-refractivity contribution >= 4 is 23.2 Å². The van der Waals surface area contributed by atoms with Crippen LogP contribution in [0.3, 0.4) is 0 Å². The first kappa shape index (κ1) is 16.0. The Bertz CT molecular complexity index is 969. The Morgan fingerprint density at radius 3 is 2.32 bits per heavy atom. The Kier molecular flexibility index (Phi) is 4.35. The number of rotatable bonds is 4. The molecule has 0 aliphatic rings. The minimum absolute atomic E-state index is 0.599. The maximum absolute atomic E-state index is 6.44. The van der Waals surface area contributed by atoms with Crippen molar-refractivity contribution in [2.24, 2.45) is 0 Å². The maximum atomic E-state index is 6.44. The van der Waals surface area contributed by atoms with E-state index in [1.807, 2.05) is 67.0 Å². The third kappa shape index (κ3) is 3.21. The smallest absolute Gasteiger partial charge is 0.111 e. The van der Waals surface area contributed by atoms with Crippen LogP contribution in [0.15, 0.2) is 67.0 Å². The van der Waals surface area contributed by atoms with Crippen LogP contribution in [-0.4, -0.2) is 15.0 Å². The van der Waals surface area contributed by atoms with E-state index in [-0.39, 0.29) is 0 Å². The summed E-state index contributed by atoms with van der Waals surface area (Å²) in [6.07, 6.45) is 4.57. The Labute approximate surface area is 155 Å². The van der Waals surface area contributed by atoms with Crippen molar-refractivity contribution in [1.82, 2.24) is 15.0 Å². The van der Waals surface area contributed by atoms with Gasteiger partial charge in [-0.1, -0.05) is 59.6 Å². The van der Waals surface area contributed by atoms with Gasteiger partial charge in [0.1, 0.15) is 5.82 Å². The van der Waals surface area contributed by atoms with Crippen molar-refractivity contribution in [3.63, 3.8) is 0 Å². The molecule has 25 heavy (non-hydrogen) atoms. The summed E-state index contributed by atoms with van der Waals surface area (Å²) in [6, 6.07) is 17.6. The van der Waals surface area contributed by atoms with Crippen LogP contribution < -0.4 is 0 Å². The molecule has 0 saturated heterocycles. The summed E-state index contributed by atoms with van der Waals surface area (Å²) in [6.45, 7) is 0. The monoisotopic (exact) mass is 367 g/mol. The van der Waals surface area contributed by atoms with Gasteiger partial charge in [-0.3, -0.25) is 0 Å². The molecule has 124 valence electrons. The zero-order valence-electron chi connectivity index (χ0n) is 13.3. The van der Waals surface area contributed by atoms with E-state index in [2.05, 4.69) is 9.97 Å². The second kappa shape index (κ2) is 6.79. The van der Waals surface area contributed by atoms with Gasteiger partial charge in [-0.25, -0.2) is 4.98 Å². The van der Waals surface area contributed by atoms with Gasteiger partial charge in [0.05, 0.1) is 21.4 Å². The van der Waals surface area contributed by atoms with Gasteiger partial charge in [-0.2, -0.15) is 0 Å². The molecule has 0 spiro atoms. The minimum Gasteiger partial charge on any atom is -0.367 e. The van der Waals surface area contributed by atoms with Crippen molar-refractivity contribution in [1.29, 1.82) is 0 Å². The molecule has 0 bridgehead atoms. The fraction of sp³-hybridized carbons (Fsp3) is 0.0500. The van der Waals surface area contributed by atoms with Crippen LogP contribution in [0.1, 0.15) is 11.4 Å². The summed E-state index contributed by atoms with van der Waals surface area (Å²) in [5.41, 5.74) is 4.64. The fourth-order valence-electron chi connectivity index (χ4n) is 2.89. The summed E-state index contributed by atoms with van der Waals surface area (Å²) in [7, 11) is 0. The van der Waals surface area contributed by atoms with Crippen molar-refractivity contribution in [3.05, 3.63) is 88.4 Å². The normalized spacial score (nSPS) is 11.0. The number of halogens is 2. The van der Waals surface area contributed by atoms with E-state index in [0.717, 1.165) is 33.9 Å². The van der Waals surface area contributed by atoms with E-state index in [9.17, 15) is 0 Å². The number of hydrogen-bond acceptors (Lipinski definition) is 1. The molecule has 0 atom stereocenters. The lowest BCUT2D eigenvalue weighted by molar-refractivity contribution is 1.03. The number of benzene rings is 2. The number of aromatic amines is 2. The highest BCUT2D eigenvalue weighted by Crippen LogP contribution is 2.39. The third-order valence-corrected chi connectivity index (χ3v) is 4.68. The first-order valence-electron chi connectivity index (χ1n) is 7.93. The van der Waals surface area contributed by atoms with Crippen LogP contribution in [0.2, 0.25) is 10.0 Å². The second-order valence-electron chi connectivity index (χ2n) is 5.77. The van der Waals surface area contributed by atoms with Crippen molar-refractivity contribution in [2.45, 2.75) is 6.42 Å². The lowest BCUT2D eigenvalue weighted by Gasteiger charge is -2.07. The van der Waals surface area contributed by atoms with Crippen molar-refractivity contribution in [2.75, 3.05) is 0 Å². The average molecular weight is 368 g/mol. The number of imidazole rings is 1. The van der Waals surface area contributed by atoms with Gasteiger partial charge < -0.3 is 9.97 Å². The van der Waals surface area contributed by atoms with Gasteiger partial charge in [-0.05, 0) is 23.8 Å². The van der Waals surface area contributed by atoms with E-state index in [0.29, 0.717) is 16.5 Å². The minimum atomic E-state index is 0.599. The highest BCUT2D eigenvalue weighted by atomic mass is 35.5. The second-order valence-corrected chi connectivity index (χ2v) is 6.58. The molecular formula is C20H15Cl2N3. The number of nitrogens with one attached hydrogen (secondary N) is 2. The topological polar surface area (TPSA) is 44.5 Å². The summed E-state index contributed by atoms with van der Waals surface area (Å²) in [5.74, 6) is 0.865. The first-order chi connectivity index (χ1) is 12.2. The summed E-state index contributed by atoms with van der Waals surface area (Å²) >= 11 is 12.9. The molecule has 3 nitrogen and oxygen atoms in total. The zero-order chi connectivity index (χ0) is 17.2. The number of nitrogens with zero attached hydrogens (tertiary/aromatic N) is 1. The third-order valence-electron chi connectivity index (χ3n) is 4.05. The van der Waals surface area contributed by atoms with Crippen molar-refractivity contribution in [3.8, 4) is 22.5 Å². The molecule has 0 radical (unpaired) electrons. The zero-order valence-corrected chi connectivity index (χ0v) is 14.8. The Balaban J connectivity index is 1.88. The molecule has 2 heterocycles. The maximum Gasteiger partial charge on any atom is 0.111 e. The molecule has 0 aliphatic carbocycles. The van der Waals surface area contributed by atoms with Gasteiger partial charge in [0.2, 0.25) is 0 Å². The molecule has 5 heteroatoms. The Morgan fingerprint density at radius 1 is 0.880 bits per heavy atom. The molecule has 0 aliphatic heterocycles. The standard InChI is InChI=1S/C20H15Cl2N3/c21-15-7-4-8-16(22)18(15)20-19(14-5-2-1-3-6-14)24-17(25-20)11-13-9-10-23-12-13/h1-10,12,23H,11H2,(H,24,25). The van der Waals surface area contributed by atoms with Gasteiger partial charge in [0.15, 0.2) is 0 Å². The first-order valence-corrected chi connectivity index (χ1v) is 8.68. The molecule has 4 aromatic rings. The van der Waals surface area contributed by atoms with Crippen LogP contribution in [-0.2, 0) is 6.42 Å². The molecule has 0 fully saturated rings. The van der Waals surface area contributed by atoms with Crippen LogP contribution in [0, 0.1) is 0 Å². The van der Waals surface area contributed by atoms with E-state index in [1.54, 1.807) is 0 Å². The van der Waals surface area contributed by atoms with Gasteiger partial charge in [-0.15, -0.1) is 0 Å². The largest absolute Gasteiger partial charge is 0.367 e. The molecule has 2 aromatic carbocycles. The van der Waals surface area contributed by atoms with E-state index >= 15 is 0 Å². The molecule has 2 N–H and O–H groups in total. The highest BCUT2D eigenvalue weighted by molar-refractivity contribution is 6.39. The fourth-order valence-corrected chi connectivity index (χ4v) is 3.48. The SMILES string of the molecule is Clc1cccc(Cl)c1-c1[nH]c(Cc2cc[nH]c2)nc1-c1ccccc1. The predicted molar refractivity (Wildman–Crippen MR) is 103 cm³/mol. The molecular weight excluding hydrogens is 353 g/mol. The Morgan fingerprint density at radius 2 is 1.64 bits per heavy atom. The predicted octanol–water partition coefficient (Wildman–Crippen LogP) is 5.97. The quantitative estimate of drug-likeness (QED) is 0.458. The van der Waals surface area contributed by atoms with Crippen LogP contribution in [0.25, 0.3) is 22.5 Å². The van der Waals surface area contributed by atoms with Crippen molar-refractivity contribution < 1.29 is 0 Å². The molecule has 2 aromatic heterocycles. The molecule has 4 rings (SSSR count). The Hall–Kier alpha value is -2.49. The van der Waals surface area contributed by atoms with Crippen LogP contribution in [0.5, 0.6) is 0 Å². The number of hydrogen-bond donors (Lipinski definition) is 2. The molecule has 0 amide bonds. The summed E-state index contributed by atoms with van der Waals surface area (Å²) in [5, 5.41) is 1.20. The number of H-pyrrole nitrogens is 2. The van der Waals surface area contributed by atoms with Gasteiger partial charge in [0.25, 0.3) is 0 Å². The van der Waals surface area contributed by atoms with E-state index < -0.39 is 0 Å². The van der Waals surface area contributed by atoms with Crippen LogP contribution >= 0.6 is 23.2 Å². The number of aromatic nitrogens is 3. The van der Waals surface area contributed by atoms with Crippen LogP contribution in [0.4, 0.5) is 0 Å². The highest BCUT2D eigenvalue weighted by Gasteiger charge is 2.18. The summed E-state index contributed by atoms with van der Waals surface area (Å²) in [4.78, 5) is 11.3. The molecule has 0 saturated carbocycles. The average Bonchev–Trinajstić information content (AvgIpc) is 3.26. The van der Waals surface area contributed by atoms with Gasteiger partial charge >= 0.3 is 0 Å². The summed E-state index contributed by atoms with van der Waals surface area (Å²) < 4.78 is 0. The lowest BCUT2D eigenvalue weighted by Crippen LogP contribution is -1.89. The van der Waals surface area contributed by atoms with E-state index in [4.69, 9.17) is 28.2 Å². The molecule has 0 unspecified atom stereocenters. The van der Waals surface area contributed by atoms with Gasteiger partial charge in [0, 0.05) is 29.9 Å². The van der Waals surface area contributed by atoms with E-state index in [1.165, 1.54) is 0 Å².